The molecule has 0 fully saturated rings. The molecular formula is C22H24ClF2NO6S. The van der Waals surface area contributed by atoms with E-state index in [1.807, 2.05) is 0 Å². The van der Waals surface area contributed by atoms with Gasteiger partial charge in [0.05, 0.1) is 17.7 Å². The zero-order valence-electron chi connectivity index (χ0n) is 18.4. The lowest BCUT2D eigenvalue weighted by atomic mass is 9.95. The molecule has 0 atom stereocenters. The fourth-order valence-electron chi connectivity index (χ4n) is 2.67. The number of hydrogen-bond donors (Lipinski definition) is 2. The maximum atomic E-state index is 15.1. The number of carbonyl (C=O) groups is 2. The molecule has 0 aliphatic carbocycles. The van der Waals surface area contributed by atoms with Crippen molar-refractivity contribution in [3.05, 3.63) is 52.5 Å². The molecule has 2 aromatic rings. The number of rotatable bonds is 8. The van der Waals surface area contributed by atoms with Crippen LogP contribution in [-0.4, -0.2) is 31.2 Å². The number of sulfone groups is 1. The molecule has 0 unspecified atom stereocenters. The molecule has 0 aromatic heterocycles. The summed E-state index contributed by atoms with van der Waals surface area (Å²) in [5, 5.41) is 7.24. The largest absolute Gasteiger partial charge is 0.481 e. The van der Waals surface area contributed by atoms with Crippen LogP contribution in [-0.2, 0) is 31.1 Å². The second-order valence-electron chi connectivity index (χ2n) is 8.30. The van der Waals surface area contributed by atoms with Gasteiger partial charge in [-0.1, -0.05) is 39.3 Å². The standard InChI is InChI=1S/C22H24ClF2NO6S/c1-5-33(30,31)22(24,25)17-12-15(26-20(29)21(2,3)4)6-7-18(17)32-16-9-13(10-19(27)28)8-14(23)11-16/h6-9,11-12H,5,10H2,1-4H3,(H,26,29)(H,27,28). The first kappa shape index (κ1) is 26.5. The summed E-state index contributed by atoms with van der Waals surface area (Å²) < 4.78 is 60.1. The number of aliphatic carboxylic acids is 1. The van der Waals surface area contributed by atoms with Crippen LogP contribution in [0.25, 0.3) is 0 Å². The van der Waals surface area contributed by atoms with Crippen molar-refractivity contribution in [1.82, 2.24) is 0 Å². The molecule has 7 nitrogen and oxygen atoms in total. The van der Waals surface area contributed by atoms with Crippen molar-refractivity contribution in [3.8, 4) is 11.5 Å². The molecule has 0 bridgehead atoms. The van der Waals surface area contributed by atoms with Crippen molar-refractivity contribution in [2.75, 3.05) is 11.1 Å². The minimum absolute atomic E-state index is 0.0408. The summed E-state index contributed by atoms with van der Waals surface area (Å²) in [5.41, 5.74) is -1.58. The Labute approximate surface area is 195 Å². The molecule has 0 spiro atoms. The molecule has 0 heterocycles. The van der Waals surface area contributed by atoms with Gasteiger partial charge in [0.2, 0.25) is 15.7 Å². The van der Waals surface area contributed by atoms with Crippen LogP contribution in [0, 0.1) is 5.41 Å². The van der Waals surface area contributed by atoms with E-state index in [2.05, 4.69) is 5.32 Å². The minimum Gasteiger partial charge on any atom is -0.481 e. The van der Waals surface area contributed by atoms with E-state index in [0.29, 0.717) is 0 Å². The zero-order valence-corrected chi connectivity index (χ0v) is 20.0. The molecule has 0 aliphatic heterocycles. The van der Waals surface area contributed by atoms with Gasteiger partial charge in [-0.2, -0.15) is 8.78 Å². The fraction of sp³-hybridized carbons (Fsp3) is 0.364. The highest BCUT2D eigenvalue weighted by molar-refractivity contribution is 7.92. The molecule has 0 radical (unpaired) electrons. The lowest BCUT2D eigenvalue weighted by Gasteiger charge is -2.22. The first-order chi connectivity index (χ1) is 15.1. The quantitative estimate of drug-likeness (QED) is 0.510. The first-order valence-corrected chi connectivity index (χ1v) is 11.8. The van der Waals surface area contributed by atoms with Crippen LogP contribution in [0.3, 0.4) is 0 Å². The number of benzene rings is 2. The highest BCUT2D eigenvalue weighted by Crippen LogP contribution is 2.43. The van der Waals surface area contributed by atoms with Gasteiger partial charge in [-0.25, -0.2) is 8.42 Å². The van der Waals surface area contributed by atoms with Crippen LogP contribution in [0.2, 0.25) is 5.02 Å². The third-order valence-corrected chi connectivity index (χ3v) is 6.50. The Balaban J connectivity index is 2.59. The topological polar surface area (TPSA) is 110 Å². The van der Waals surface area contributed by atoms with Crippen molar-refractivity contribution in [2.45, 2.75) is 39.4 Å². The van der Waals surface area contributed by atoms with Gasteiger partial charge in [-0.3, -0.25) is 9.59 Å². The summed E-state index contributed by atoms with van der Waals surface area (Å²) in [5.74, 6) is -2.98. The van der Waals surface area contributed by atoms with E-state index in [4.69, 9.17) is 21.4 Å². The van der Waals surface area contributed by atoms with Crippen molar-refractivity contribution in [2.24, 2.45) is 5.41 Å². The van der Waals surface area contributed by atoms with Crippen molar-refractivity contribution >= 4 is 39.0 Å². The SMILES string of the molecule is CCS(=O)(=O)C(F)(F)c1cc(NC(=O)C(C)(C)C)ccc1Oc1cc(Cl)cc(CC(=O)O)c1. The average molecular weight is 504 g/mol. The van der Waals surface area contributed by atoms with E-state index < -0.39 is 49.4 Å². The summed E-state index contributed by atoms with van der Waals surface area (Å²) in [6.07, 6.45) is -0.387. The lowest BCUT2D eigenvalue weighted by Crippen LogP contribution is -2.30. The summed E-state index contributed by atoms with van der Waals surface area (Å²) in [6, 6.07) is 7.19. The van der Waals surface area contributed by atoms with Gasteiger partial charge in [-0.05, 0) is 42.0 Å². The first-order valence-electron chi connectivity index (χ1n) is 9.82. The second kappa shape index (κ2) is 9.64. The Morgan fingerprint density at radius 2 is 1.76 bits per heavy atom. The minimum atomic E-state index is -4.90. The predicted molar refractivity (Wildman–Crippen MR) is 121 cm³/mol. The normalized spacial score (nSPS) is 12.3. The number of hydrogen-bond acceptors (Lipinski definition) is 5. The average Bonchev–Trinajstić information content (AvgIpc) is 2.67. The molecule has 33 heavy (non-hydrogen) atoms. The second-order valence-corrected chi connectivity index (χ2v) is 11.1. The molecule has 1 amide bonds. The van der Waals surface area contributed by atoms with E-state index in [1.54, 1.807) is 20.8 Å². The molecule has 2 N–H and O–H groups in total. The Hall–Kier alpha value is -2.72. The summed E-state index contributed by atoms with van der Waals surface area (Å²) >= 11 is 5.99. The van der Waals surface area contributed by atoms with Gasteiger partial charge in [0.15, 0.2) is 0 Å². The maximum Gasteiger partial charge on any atom is 0.374 e. The van der Waals surface area contributed by atoms with Gasteiger partial charge < -0.3 is 15.2 Å². The third kappa shape index (κ3) is 6.42. The van der Waals surface area contributed by atoms with Gasteiger partial charge in [0, 0.05) is 16.1 Å². The number of carboxylic acids is 1. The monoisotopic (exact) mass is 503 g/mol. The van der Waals surface area contributed by atoms with Gasteiger partial charge in [0.25, 0.3) is 0 Å². The Morgan fingerprint density at radius 3 is 2.30 bits per heavy atom. The third-order valence-electron chi connectivity index (χ3n) is 4.52. The van der Waals surface area contributed by atoms with Crippen LogP contribution >= 0.6 is 11.6 Å². The number of anilines is 1. The molecule has 0 aliphatic rings. The molecule has 0 saturated carbocycles. The van der Waals surface area contributed by atoms with Crippen LogP contribution in [0.1, 0.15) is 38.8 Å². The van der Waals surface area contributed by atoms with Crippen LogP contribution in [0.4, 0.5) is 14.5 Å². The Bertz CT molecular complexity index is 1180. The van der Waals surface area contributed by atoms with Crippen LogP contribution < -0.4 is 10.1 Å². The molecule has 11 heteroatoms. The number of amides is 1. The number of alkyl halides is 2. The van der Waals surface area contributed by atoms with Crippen LogP contribution in [0.5, 0.6) is 11.5 Å². The van der Waals surface area contributed by atoms with E-state index in [9.17, 15) is 18.0 Å². The van der Waals surface area contributed by atoms with Gasteiger partial charge in [-0.15, -0.1) is 0 Å². The maximum absolute atomic E-state index is 15.1. The Morgan fingerprint density at radius 1 is 1.12 bits per heavy atom. The highest BCUT2D eigenvalue weighted by Gasteiger charge is 2.48. The summed E-state index contributed by atoms with van der Waals surface area (Å²) in [6.45, 7) is 5.98. The summed E-state index contributed by atoms with van der Waals surface area (Å²) in [7, 11) is -4.90. The molecule has 180 valence electrons. The summed E-state index contributed by atoms with van der Waals surface area (Å²) in [4.78, 5) is 23.3. The smallest absolute Gasteiger partial charge is 0.374 e. The van der Waals surface area contributed by atoms with Gasteiger partial charge in [0.1, 0.15) is 11.5 Å². The van der Waals surface area contributed by atoms with Gasteiger partial charge >= 0.3 is 11.2 Å². The van der Waals surface area contributed by atoms with E-state index in [0.717, 1.165) is 19.1 Å². The van der Waals surface area contributed by atoms with Crippen molar-refractivity contribution in [3.63, 3.8) is 0 Å². The lowest BCUT2D eigenvalue weighted by molar-refractivity contribution is -0.136. The predicted octanol–water partition coefficient (Wildman–Crippen LogP) is 5.23. The molecular weight excluding hydrogens is 480 g/mol. The molecule has 2 rings (SSSR count). The molecule has 2 aromatic carbocycles. The molecule has 0 saturated heterocycles. The number of ether oxygens (including phenoxy) is 1. The number of halogens is 3. The number of nitrogens with one attached hydrogen (secondary N) is 1. The van der Waals surface area contributed by atoms with Crippen LogP contribution in [0.15, 0.2) is 36.4 Å². The highest BCUT2D eigenvalue weighted by atomic mass is 35.5. The fourth-order valence-corrected chi connectivity index (χ4v) is 3.78. The van der Waals surface area contributed by atoms with E-state index >= 15 is 8.78 Å². The number of carboxylic acid groups (broad SMARTS) is 1. The zero-order chi connectivity index (χ0) is 25.2. The van der Waals surface area contributed by atoms with E-state index in [-0.39, 0.29) is 28.4 Å². The number of carbonyl (C=O) groups excluding carboxylic acids is 1. The van der Waals surface area contributed by atoms with Crippen molar-refractivity contribution in [1.29, 1.82) is 0 Å². The van der Waals surface area contributed by atoms with E-state index in [1.165, 1.54) is 24.3 Å². The van der Waals surface area contributed by atoms with Crippen molar-refractivity contribution < 1.29 is 36.6 Å². The Kier molecular flexibility index (Phi) is 7.75.